The van der Waals surface area contributed by atoms with Crippen molar-refractivity contribution in [1.82, 2.24) is 4.90 Å². The number of carbonyl (C=O) groups is 2. The van der Waals surface area contributed by atoms with Crippen LogP contribution in [0.3, 0.4) is 0 Å². The van der Waals surface area contributed by atoms with Crippen molar-refractivity contribution in [3.05, 3.63) is 111 Å². The van der Waals surface area contributed by atoms with Gasteiger partial charge in [-0.25, -0.2) is 4.79 Å². The summed E-state index contributed by atoms with van der Waals surface area (Å²) < 4.78 is 50.3. The molecule has 1 unspecified atom stereocenters. The molecule has 4 aliphatic rings. The van der Waals surface area contributed by atoms with E-state index >= 15 is 0 Å². The van der Waals surface area contributed by atoms with Gasteiger partial charge in [0.05, 0.1) is 19.7 Å². The van der Waals surface area contributed by atoms with Gasteiger partial charge in [0.25, 0.3) is 0 Å². The second-order valence-electron chi connectivity index (χ2n) is 14.4. The summed E-state index contributed by atoms with van der Waals surface area (Å²) in [6.45, 7) is -0.248. The molecule has 3 aliphatic heterocycles. The molecule has 15 heteroatoms. The van der Waals surface area contributed by atoms with E-state index in [4.69, 9.17) is 42.1 Å². The highest BCUT2D eigenvalue weighted by atomic mass is 35.5. The van der Waals surface area contributed by atoms with E-state index in [9.17, 15) is 28.7 Å². The van der Waals surface area contributed by atoms with E-state index in [2.05, 4.69) is 10.2 Å². The summed E-state index contributed by atoms with van der Waals surface area (Å²) in [7, 11) is 1.50. The number of anilines is 1. The summed E-state index contributed by atoms with van der Waals surface area (Å²) in [6.07, 6.45) is 5.95. The van der Waals surface area contributed by atoms with E-state index in [0.29, 0.717) is 39.4 Å². The van der Waals surface area contributed by atoms with Gasteiger partial charge in [-0.2, -0.15) is 8.78 Å². The number of hydrogen-bond donors (Lipinski definition) is 2. The van der Waals surface area contributed by atoms with E-state index in [-0.39, 0.29) is 63.6 Å². The molecule has 4 aromatic rings. The van der Waals surface area contributed by atoms with Crippen molar-refractivity contribution in [3.8, 4) is 17.2 Å². The molecule has 0 radical (unpaired) electrons. The number of benzene rings is 3. The average Bonchev–Trinajstić information content (AvgIpc) is 4.01. The number of methoxy groups -OCH3 is 1. The summed E-state index contributed by atoms with van der Waals surface area (Å²) in [6, 6.07) is 14.9. The second kappa shape index (κ2) is 17.1. The number of aromatic nitrogens is 1. The van der Waals surface area contributed by atoms with Gasteiger partial charge in [-0.05, 0) is 98.5 Å². The number of hydrogen-bond acceptors (Lipinski definition) is 10. The standard InChI is InChI=1S/C41H41Cl2F2N3O8/c1-53-34-5-3-2-4-28(34)38(40(51)55-37-21-47-14-12-24(37)13-15-47)46-26-9-10-27(39(49)50)30(17-26)29(18-31-32(42)19-48(52)20-33(31)43)25-8-11-35(56-41(44)45)36(16-25)54-22-23-6-7-23/h2-5,8-11,16-17,19-20,23-24,29,37-38,41,46H,6-7,12-15,18,21-22H2,1H3,(H-,49,50,52)/t29-,37-,38?/m0/s1. The van der Waals surface area contributed by atoms with Crippen LogP contribution in [0.5, 0.6) is 17.2 Å². The highest BCUT2D eigenvalue weighted by Crippen LogP contribution is 2.42. The summed E-state index contributed by atoms with van der Waals surface area (Å²) in [5.74, 6) is -2.04. The number of aromatic carboxylic acids is 1. The largest absolute Gasteiger partial charge is 0.545 e. The first-order chi connectivity index (χ1) is 27.0. The lowest BCUT2D eigenvalue weighted by Crippen LogP contribution is -2.52. The van der Waals surface area contributed by atoms with Gasteiger partial charge in [-0.1, -0.05) is 53.5 Å². The fourth-order valence-electron chi connectivity index (χ4n) is 7.61. The molecule has 56 heavy (non-hydrogen) atoms. The van der Waals surface area contributed by atoms with Crippen molar-refractivity contribution in [2.24, 2.45) is 11.8 Å². The molecule has 3 aromatic carbocycles. The average molecular weight is 813 g/mol. The van der Waals surface area contributed by atoms with E-state index in [1.807, 2.05) is 0 Å². The molecule has 296 valence electrons. The molecule has 1 aromatic heterocycles. The van der Waals surface area contributed by atoms with Crippen LogP contribution in [0.15, 0.2) is 73.1 Å². The Bertz CT molecular complexity index is 2060. The number of fused-ring (bicyclic) bond motifs is 3. The molecule has 1 aliphatic carbocycles. The van der Waals surface area contributed by atoms with E-state index in [1.54, 1.807) is 30.3 Å². The predicted molar refractivity (Wildman–Crippen MR) is 200 cm³/mol. The van der Waals surface area contributed by atoms with Gasteiger partial charge in [0.2, 0.25) is 12.4 Å². The lowest BCUT2D eigenvalue weighted by molar-refractivity contribution is -0.904. The molecular weight excluding hydrogens is 771 g/mol. The Hall–Kier alpha value is -4.85. The fraction of sp³-hybridized carbons (Fsp3) is 0.390. The Balaban J connectivity index is 1.31. The number of rotatable bonds is 16. The van der Waals surface area contributed by atoms with Crippen LogP contribution in [0.1, 0.15) is 70.3 Å². The summed E-state index contributed by atoms with van der Waals surface area (Å²) >= 11 is 13.2. The van der Waals surface area contributed by atoms with E-state index < -0.39 is 30.5 Å². The number of para-hydroxylation sites is 1. The molecular formula is C41H41Cl2F2N3O8. The van der Waals surface area contributed by atoms with Gasteiger partial charge in [0.15, 0.2) is 17.5 Å². The lowest BCUT2D eigenvalue weighted by atomic mass is 9.83. The molecule has 4 fully saturated rings. The second-order valence-corrected chi connectivity index (χ2v) is 15.2. The lowest BCUT2D eigenvalue weighted by Gasteiger charge is -2.44. The zero-order valence-electron chi connectivity index (χ0n) is 30.5. The molecule has 2 bridgehead atoms. The Kier molecular flexibility index (Phi) is 12.0. The third-order valence-corrected chi connectivity index (χ3v) is 11.4. The fourth-order valence-corrected chi connectivity index (χ4v) is 8.22. The summed E-state index contributed by atoms with van der Waals surface area (Å²) in [4.78, 5) is 29.3. The van der Waals surface area contributed by atoms with Crippen molar-refractivity contribution < 1.29 is 52.4 Å². The molecule has 1 saturated carbocycles. The third kappa shape index (κ3) is 9.06. The number of halogens is 4. The molecule has 2 N–H and O–H groups in total. The minimum absolute atomic E-state index is 0.0170. The Morgan fingerprint density at radius 1 is 0.964 bits per heavy atom. The molecule has 11 nitrogen and oxygen atoms in total. The van der Waals surface area contributed by atoms with Crippen molar-refractivity contribution >= 4 is 40.8 Å². The highest BCUT2D eigenvalue weighted by molar-refractivity contribution is 6.35. The number of piperidine rings is 3. The van der Waals surface area contributed by atoms with E-state index in [1.165, 1.54) is 49.8 Å². The summed E-state index contributed by atoms with van der Waals surface area (Å²) in [5.41, 5.74) is 1.73. The van der Waals surface area contributed by atoms with Gasteiger partial charge in [0, 0.05) is 39.6 Å². The topological polar surface area (TPSA) is 134 Å². The van der Waals surface area contributed by atoms with Gasteiger partial charge in [-0.3, -0.25) is 10.1 Å². The minimum atomic E-state index is -3.12. The maximum atomic E-state index is 14.2. The van der Waals surface area contributed by atoms with Crippen LogP contribution in [-0.4, -0.2) is 68.1 Å². The van der Waals surface area contributed by atoms with Crippen LogP contribution in [-0.2, 0) is 16.0 Å². The smallest absolute Gasteiger partial charge is 0.387 e. The first-order valence-corrected chi connectivity index (χ1v) is 19.2. The maximum absolute atomic E-state index is 14.2. The van der Waals surface area contributed by atoms with Crippen molar-refractivity contribution in [3.63, 3.8) is 0 Å². The number of carbonyl (C=O) groups excluding carboxylic acids is 2. The van der Waals surface area contributed by atoms with Crippen LogP contribution in [0.25, 0.3) is 0 Å². The number of nitrogens with zero attached hydrogens (tertiary/aromatic N) is 2. The first-order valence-electron chi connectivity index (χ1n) is 18.4. The summed E-state index contributed by atoms with van der Waals surface area (Å²) in [5, 5.41) is 26.4. The molecule has 3 atom stereocenters. The maximum Gasteiger partial charge on any atom is 0.387 e. The Morgan fingerprint density at radius 2 is 1.70 bits per heavy atom. The van der Waals surface area contributed by atoms with Crippen molar-refractivity contribution in [2.45, 2.75) is 56.8 Å². The van der Waals surface area contributed by atoms with Crippen LogP contribution in [0.2, 0.25) is 10.0 Å². The number of alkyl halides is 2. The van der Waals surface area contributed by atoms with Gasteiger partial charge < -0.3 is 34.2 Å². The SMILES string of the molecule is COc1ccccc1C(Nc1ccc(C(=O)[O-])c([C@@H](Cc2c(Cl)c[n+](O)cc2Cl)c2ccc(OC(F)F)c(OCC3CC3)c2)c1)C(=O)O[C@H]1CN2CCC1CC2. The van der Waals surface area contributed by atoms with Crippen LogP contribution in [0, 0.1) is 11.8 Å². The van der Waals surface area contributed by atoms with Gasteiger partial charge >= 0.3 is 12.6 Å². The highest BCUT2D eigenvalue weighted by Gasteiger charge is 2.38. The van der Waals surface area contributed by atoms with Crippen molar-refractivity contribution in [2.75, 3.05) is 38.7 Å². The minimum Gasteiger partial charge on any atom is -0.545 e. The van der Waals surface area contributed by atoms with Gasteiger partial charge in [0.1, 0.15) is 21.9 Å². The molecule has 4 heterocycles. The predicted octanol–water partition coefficient (Wildman–Crippen LogP) is 6.45. The molecule has 0 spiro atoms. The monoisotopic (exact) mass is 811 g/mol. The number of nitrogens with one attached hydrogen (secondary N) is 1. The Labute approximate surface area is 332 Å². The van der Waals surface area contributed by atoms with Crippen LogP contribution < -0.4 is 29.4 Å². The van der Waals surface area contributed by atoms with Crippen molar-refractivity contribution in [1.29, 1.82) is 0 Å². The van der Waals surface area contributed by atoms with E-state index in [0.717, 1.165) is 38.8 Å². The zero-order valence-corrected chi connectivity index (χ0v) is 32.0. The zero-order chi connectivity index (χ0) is 39.5. The number of pyridine rings is 1. The van der Waals surface area contributed by atoms with Crippen LogP contribution in [0.4, 0.5) is 14.5 Å². The van der Waals surface area contributed by atoms with Crippen LogP contribution >= 0.6 is 23.2 Å². The van der Waals surface area contributed by atoms with Gasteiger partial charge in [-0.15, -0.1) is 0 Å². The number of ether oxygens (including phenoxy) is 4. The number of esters is 1. The normalized spacial score (nSPS) is 19.9. The molecule has 8 rings (SSSR count). The first kappa shape index (κ1) is 39.4. The number of carboxylic acid groups (broad SMARTS) is 1. The quantitative estimate of drug-likeness (QED) is 0.0740. The Morgan fingerprint density at radius 3 is 2.34 bits per heavy atom. The molecule has 3 saturated heterocycles. The third-order valence-electron chi connectivity index (χ3n) is 10.7. The molecule has 0 amide bonds. The number of carboxylic acids is 1.